The number of aliphatic hydroxyl groups is 1. The largest absolute Gasteiger partial charge is 0.511 e. The number of aliphatic hydroxyl groups excluding tert-OH is 1. The molecule has 2 aliphatic carbocycles. The summed E-state index contributed by atoms with van der Waals surface area (Å²) in [4.78, 5) is 12.9. The fourth-order valence-corrected chi connectivity index (χ4v) is 4.50. The molecule has 1 N–H and O–H groups in total. The Morgan fingerprint density at radius 1 is 1.13 bits per heavy atom. The molecule has 1 fully saturated rings. The van der Waals surface area contributed by atoms with Crippen molar-refractivity contribution in [2.45, 2.75) is 38.8 Å². The van der Waals surface area contributed by atoms with Crippen molar-refractivity contribution >= 4 is 11.4 Å². The predicted octanol–water partition coefficient (Wildman–Crippen LogP) is 6.20. The summed E-state index contributed by atoms with van der Waals surface area (Å²) in [5.74, 6) is 0.333. The van der Waals surface area contributed by atoms with Crippen molar-refractivity contribution < 1.29 is 27.8 Å². The van der Waals surface area contributed by atoms with Gasteiger partial charge in [0.2, 0.25) is 0 Å². The number of fused-ring (bicyclic) bond motifs is 2. The zero-order valence-electron chi connectivity index (χ0n) is 16.8. The van der Waals surface area contributed by atoms with Gasteiger partial charge in [-0.3, -0.25) is 4.79 Å². The molecule has 160 valence electrons. The first-order chi connectivity index (χ1) is 14.7. The van der Waals surface area contributed by atoms with E-state index in [9.17, 15) is 23.1 Å². The van der Waals surface area contributed by atoms with Gasteiger partial charge in [-0.2, -0.15) is 18.4 Å². The maximum absolute atomic E-state index is 13.0. The summed E-state index contributed by atoms with van der Waals surface area (Å²) in [6, 6.07) is 9.63. The average molecular weight is 427 g/mol. The standard InChI is InChI=1S/C24H20F3NO3/c1-2-13-5-6-18(31-17-7-8-20(24(25,26)27)16(10-17)12-28)11-19(13)21-22(29)14-3-4-15(9-14)23(21)30/h5-8,10-11,14-15,29H,2-4,9H2,1H3/t14-,15+/m1/s1. The number of nitrogens with zero attached hydrogens (tertiary/aromatic N) is 1. The molecule has 0 aliphatic heterocycles. The van der Waals surface area contributed by atoms with Gasteiger partial charge < -0.3 is 9.84 Å². The third-order valence-electron chi connectivity index (χ3n) is 6.08. The lowest BCUT2D eigenvalue weighted by Gasteiger charge is -2.23. The summed E-state index contributed by atoms with van der Waals surface area (Å²) < 4.78 is 44.8. The Labute approximate surface area is 177 Å². The summed E-state index contributed by atoms with van der Waals surface area (Å²) >= 11 is 0. The van der Waals surface area contributed by atoms with Crippen LogP contribution in [0.3, 0.4) is 0 Å². The average Bonchev–Trinajstić information content (AvgIpc) is 3.19. The third-order valence-corrected chi connectivity index (χ3v) is 6.08. The zero-order valence-corrected chi connectivity index (χ0v) is 16.8. The van der Waals surface area contributed by atoms with Crippen LogP contribution in [0.4, 0.5) is 13.2 Å². The minimum absolute atomic E-state index is 0.0138. The smallest absolute Gasteiger partial charge is 0.417 e. The lowest BCUT2D eigenvalue weighted by atomic mass is 9.81. The molecule has 0 saturated heterocycles. The summed E-state index contributed by atoms with van der Waals surface area (Å²) in [6.07, 6.45) is -1.78. The van der Waals surface area contributed by atoms with Gasteiger partial charge in [-0.05, 0) is 67.1 Å². The first kappa shape index (κ1) is 21.0. The Hall–Kier alpha value is -3.27. The topological polar surface area (TPSA) is 70.3 Å². The maximum Gasteiger partial charge on any atom is 0.417 e. The SMILES string of the molecule is CCc1ccc(Oc2ccc(C(F)(F)F)c(C#N)c2)cc1C1=C(O)[C@@H]2CC[C@@H](C2)C1=O. The van der Waals surface area contributed by atoms with E-state index in [1.165, 1.54) is 0 Å². The number of rotatable bonds is 4. The van der Waals surface area contributed by atoms with Crippen molar-refractivity contribution in [2.75, 3.05) is 0 Å². The first-order valence-corrected chi connectivity index (χ1v) is 10.1. The molecule has 2 atom stereocenters. The zero-order chi connectivity index (χ0) is 22.3. The van der Waals surface area contributed by atoms with E-state index in [0.29, 0.717) is 29.7 Å². The minimum atomic E-state index is -4.63. The highest BCUT2D eigenvalue weighted by atomic mass is 19.4. The fourth-order valence-electron chi connectivity index (χ4n) is 4.50. The molecule has 4 nitrogen and oxygen atoms in total. The molecule has 2 aliphatic rings. The Kier molecular flexibility index (Phi) is 5.26. The van der Waals surface area contributed by atoms with Crippen LogP contribution in [-0.4, -0.2) is 10.9 Å². The van der Waals surface area contributed by atoms with E-state index >= 15 is 0 Å². The number of allylic oxidation sites excluding steroid dienone is 2. The molecule has 0 aromatic heterocycles. The highest BCUT2D eigenvalue weighted by Crippen LogP contribution is 2.46. The number of benzene rings is 2. The monoisotopic (exact) mass is 427 g/mol. The van der Waals surface area contributed by atoms with Crippen molar-refractivity contribution in [2.24, 2.45) is 11.8 Å². The van der Waals surface area contributed by atoms with E-state index in [-0.39, 0.29) is 29.1 Å². The molecule has 0 unspecified atom stereocenters. The van der Waals surface area contributed by atoms with Crippen molar-refractivity contribution in [3.8, 4) is 17.6 Å². The van der Waals surface area contributed by atoms with Crippen LogP contribution in [0.5, 0.6) is 11.5 Å². The second kappa shape index (κ2) is 7.77. The lowest BCUT2D eigenvalue weighted by molar-refractivity contribution is -0.137. The van der Waals surface area contributed by atoms with Gasteiger partial charge in [0.1, 0.15) is 17.3 Å². The van der Waals surface area contributed by atoms with Crippen LogP contribution in [0.2, 0.25) is 0 Å². The van der Waals surface area contributed by atoms with Gasteiger partial charge >= 0.3 is 6.18 Å². The van der Waals surface area contributed by atoms with Crippen LogP contribution in [0.1, 0.15) is 48.4 Å². The van der Waals surface area contributed by atoms with Crippen LogP contribution in [-0.2, 0) is 17.4 Å². The third kappa shape index (κ3) is 3.78. The van der Waals surface area contributed by atoms with Gasteiger partial charge in [-0.1, -0.05) is 13.0 Å². The van der Waals surface area contributed by atoms with Crippen LogP contribution in [0.25, 0.3) is 5.57 Å². The predicted molar refractivity (Wildman–Crippen MR) is 107 cm³/mol. The Morgan fingerprint density at radius 2 is 1.81 bits per heavy atom. The van der Waals surface area contributed by atoms with Crippen molar-refractivity contribution in [3.05, 3.63) is 64.4 Å². The number of ketones is 1. The number of carbonyl (C=O) groups is 1. The van der Waals surface area contributed by atoms with E-state index in [1.807, 2.05) is 6.92 Å². The summed E-state index contributed by atoms with van der Waals surface area (Å²) in [5, 5.41) is 19.8. The quantitative estimate of drug-likeness (QED) is 0.631. The Morgan fingerprint density at radius 3 is 2.48 bits per heavy atom. The molecule has 7 heteroatoms. The van der Waals surface area contributed by atoms with E-state index in [0.717, 1.165) is 36.6 Å². The minimum Gasteiger partial charge on any atom is -0.511 e. The highest BCUT2D eigenvalue weighted by molar-refractivity contribution is 6.23. The van der Waals surface area contributed by atoms with Gasteiger partial charge in [0.25, 0.3) is 0 Å². The van der Waals surface area contributed by atoms with E-state index in [2.05, 4.69) is 0 Å². The molecule has 1 saturated carbocycles. The number of alkyl halides is 3. The maximum atomic E-state index is 13.0. The Balaban J connectivity index is 1.72. The molecule has 0 heterocycles. The number of carbonyl (C=O) groups excluding carboxylic acids is 1. The molecular weight excluding hydrogens is 407 g/mol. The van der Waals surface area contributed by atoms with Gasteiger partial charge in [-0.15, -0.1) is 0 Å². The number of hydrogen-bond acceptors (Lipinski definition) is 4. The van der Waals surface area contributed by atoms with Crippen molar-refractivity contribution in [3.63, 3.8) is 0 Å². The molecule has 4 rings (SSSR count). The Bertz CT molecular complexity index is 1130. The van der Waals surface area contributed by atoms with Crippen molar-refractivity contribution in [1.82, 2.24) is 0 Å². The molecule has 2 aromatic rings. The number of ether oxygens (including phenoxy) is 1. The van der Waals surface area contributed by atoms with Crippen LogP contribution in [0, 0.1) is 23.2 Å². The lowest BCUT2D eigenvalue weighted by Crippen LogP contribution is -2.21. The van der Waals surface area contributed by atoms with E-state index < -0.39 is 17.3 Å². The fraction of sp³-hybridized carbons (Fsp3) is 0.333. The first-order valence-electron chi connectivity index (χ1n) is 10.1. The molecule has 31 heavy (non-hydrogen) atoms. The second-order valence-electron chi connectivity index (χ2n) is 7.92. The highest BCUT2D eigenvalue weighted by Gasteiger charge is 2.41. The summed E-state index contributed by atoms with van der Waals surface area (Å²) in [5.41, 5.74) is 0.226. The van der Waals surface area contributed by atoms with E-state index in [1.54, 1.807) is 24.3 Å². The number of aryl methyl sites for hydroxylation is 1. The molecule has 0 spiro atoms. The van der Waals surface area contributed by atoms with Gasteiger partial charge in [-0.25, -0.2) is 0 Å². The molecular formula is C24H20F3NO3. The number of nitriles is 1. The normalized spacial score (nSPS) is 20.7. The molecule has 0 radical (unpaired) electrons. The number of hydrogen-bond donors (Lipinski definition) is 1. The van der Waals surface area contributed by atoms with Gasteiger partial charge in [0.15, 0.2) is 5.78 Å². The van der Waals surface area contributed by atoms with Crippen molar-refractivity contribution in [1.29, 1.82) is 5.26 Å². The molecule has 0 amide bonds. The number of Topliss-reactive ketones (excluding diaryl/α,β-unsaturated/α-hetero) is 1. The van der Waals surface area contributed by atoms with E-state index in [4.69, 9.17) is 10.00 Å². The van der Waals surface area contributed by atoms with Gasteiger partial charge in [0, 0.05) is 11.8 Å². The summed E-state index contributed by atoms with van der Waals surface area (Å²) in [7, 11) is 0. The molecule has 2 aromatic carbocycles. The van der Waals surface area contributed by atoms with Crippen LogP contribution in [0.15, 0.2) is 42.2 Å². The van der Waals surface area contributed by atoms with Crippen LogP contribution < -0.4 is 4.74 Å². The van der Waals surface area contributed by atoms with Gasteiger partial charge in [0.05, 0.1) is 22.8 Å². The second-order valence-corrected chi connectivity index (χ2v) is 7.92. The number of halogens is 3. The van der Waals surface area contributed by atoms with Crippen LogP contribution >= 0.6 is 0 Å². The summed E-state index contributed by atoms with van der Waals surface area (Å²) in [6.45, 7) is 1.94. The molecule has 2 bridgehead atoms.